The second kappa shape index (κ2) is 9.07. The number of carbonyl (C=O) groups excluding carboxylic acids is 1. The summed E-state index contributed by atoms with van der Waals surface area (Å²) in [5.41, 5.74) is 4.53. The van der Waals surface area contributed by atoms with Crippen LogP contribution < -0.4 is 9.47 Å². The number of hydrogen-bond acceptors (Lipinski definition) is 3. The molecule has 0 radical (unpaired) electrons. The fraction of sp³-hybridized carbons (Fsp3) is 0.160. The summed E-state index contributed by atoms with van der Waals surface area (Å²) in [4.78, 5) is 12.7. The number of hydrogen-bond donors (Lipinski definition) is 0. The molecule has 0 bridgehead atoms. The van der Waals surface area contributed by atoms with Gasteiger partial charge in [0.05, 0.1) is 11.1 Å². The molecule has 3 nitrogen and oxygen atoms in total. The Kier molecular flexibility index (Phi) is 6.26. The van der Waals surface area contributed by atoms with E-state index in [4.69, 9.17) is 21.1 Å². The number of ketones is 1. The molecule has 3 aromatic carbocycles. The molecule has 152 valence electrons. The van der Waals surface area contributed by atoms with Crippen LogP contribution in [0.3, 0.4) is 0 Å². The van der Waals surface area contributed by atoms with Crippen molar-refractivity contribution in [1.29, 1.82) is 0 Å². The van der Waals surface area contributed by atoms with Crippen LogP contribution in [0.1, 0.15) is 34.0 Å². The molecule has 5 heteroatoms. The van der Waals surface area contributed by atoms with Crippen LogP contribution >= 0.6 is 27.5 Å². The van der Waals surface area contributed by atoms with E-state index in [-0.39, 0.29) is 5.78 Å². The maximum atomic E-state index is 12.7. The van der Waals surface area contributed by atoms with Crippen LogP contribution in [-0.2, 0) is 13.0 Å². The molecule has 0 amide bonds. The second-order valence-corrected chi connectivity index (χ2v) is 8.30. The first-order valence-corrected chi connectivity index (χ1v) is 10.9. The van der Waals surface area contributed by atoms with Crippen molar-refractivity contribution in [2.24, 2.45) is 0 Å². The van der Waals surface area contributed by atoms with Gasteiger partial charge in [0.1, 0.15) is 6.61 Å². The Bertz CT molecular complexity index is 1120. The molecule has 0 atom stereocenters. The molecule has 0 N–H and O–H groups in total. The molecule has 4 rings (SSSR count). The van der Waals surface area contributed by atoms with E-state index in [1.165, 1.54) is 0 Å². The number of Topliss-reactive ketones (excluding diaryl/α,β-unsaturated/α-hetero) is 1. The van der Waals surface area contributed by atoms with Gasteiger partial charge in [-0.1, -0.05) is 48.0 Å². The molecule has 0 unspecified atom stereocenters. The molecular weight excluding hydrogens is 464 g/mol. The molecule has 0 saturated heterocycles. The summed E-state index contributed by atoms with van der Waals surface area (Å²) in [5.74, 6) is 1.35. The SMILES string of the molecule is CCOc1cc(/C=C2\Cc3ccccc3C2=O)cc(Br)c1OCc1ccc(Cl)cc1. The molecule has 30 heavy (non-hydrogen) atoms. The molecule has 1 aliphatic carbocycles. The monoisotopic (exact) mass is 482 g/mol. The minimum atomic E-state index is 0.0859. The lowest BCUT2D eigenvalue weighted by Crippen LogP contribution is -2.01. The Morgan fingerprint density at radius 2 is 1.83 bits per heavy atom. The van der Waals surface area contributed by atoms with E-state index in [1.54, 1.807) is 0 Å². The van der Waals surface area contributed by atoms with Crippen molar-refractivity contribution < 1.29 is 14.3 Å². The van der Waals surface area contributed by atoms with Gasteiger partial charge in [0.15, 0.2) is 17.3 Å². The van der Waals surface area contributed by atoms with E-state index < -0.39 is 0 Å². The van der Waals surface area contributed by atoms with Crippen molar-refractivity contribution >= 4 is 39.4 Å². The average molecular weight is 484 g/mol. The Labute approximate surface area is 189 Å². The molecule has 0 aliphatic heterocycles. The Morgan fingerprint density at radius 1 is 1.07 bits per heavy atom. The molecule has 0 fully saturated rings. The van der Waals surface area contributed by atoms with Crippen molar-refractivity contribution in [3.8, 4) is 11.5 Å². The Morgan fingerprint density at radius 3 is 2.57 bits per heavy atom. The van der Waals surface area contributed by atoms with Gasteiger partial charge in [-0.3, -0.25) is 4.79 Å². The molecular formula is C25H20BrClO3. The zero-order valence-electron chi connectivity index (χ0n) is 16.5. The highest BCUT2D eigenvalue weighted by Gasteiger charge is 2.24. The first kappa shape index (κ1) is 20.7. The van der Waals surface area contributed by atoms with Crippen LogP contribution in [0, 0.1) is 0 Å². The number of fused-ring (bicyclic) bond motifs is 1. The average Bonchev–Trinajstić information content (AvgIpc) is 3.04. The molecule has 3 aromatic rings. The fourth-order valence-electron chi connectivity index (χ4n) is 3.48. The number of benzene rings is 3. The highest BCUT2D eigenvalue weighted by Crippen LogP contribution is 2.39. The molecule has 0 spiro atoms. The molecule has 0 aromatic heterocycles. The van der Waals surface area contributed by atoms with E-state index in [1.807, 2.05) is 73.7 Å². The van der Waals surface area contributed by atoms with E-state index in [0.717, 1.165) is 32.3 Å². The zero-order valence-corrected chi connectivity index (χ0v) is 18.8. The van der Waals surface area contributed by atoms with Gasteiger partial charge >= 0.3 is 0 Å². The van der Waals surface area contributed by atoms with Gasteiger partial charge in [0.25, 0.3) is 0 Å². The number of halogens is 2. The van der Waals surface area contributed by atoms with E-state index in [2.05, 4.69) is 15.9 Å². The summed E-state index contributed by atoms with van der Waals surface area (Å²) >= 11 is 9.56. The van der Waals surface area contributed by atoms with Crippen molar-refractivity contribution in [3.05, 3.63) is 98.0 Å². The van der Waals surface area contributed by atoms with E-state index in [9.17, 15) is 4.79 Å². The third-order valence-corrected chi connectivity index (χ3v) is 5.74. The lowest BCUT2D eigenvalue weighted by atomic mass is 10.1. The highest BCUT2D eigenvalue weighted by molar-refractivity contribution is 9.10. The van der Waals surface area contributed by atoms with Gasteiger partial charge in [-0.2, -0.15) is 0 Å². The summed E-state index contributed by atoms with van der Waals surface area (Å²) in [6.45, 7) is 2.83. The van der Waals surface area contributed by atoms with Gasteiger partial charge < -0.3 is 9.47 Å². The number of carbonyl (C=O) groups is 1. The van der Waals surface area contributed by atoms with Gasteiger partial charge in [0, 0.05) is 22.6 Å². The maximum absolute atomic E-state index is 12.7. The zero-order chi connectivity index (χ0) is 21.1. The largest absolute Gasteiger partial charge is 0.490 e. The summed E-state index contributed by atoms with van der Waals surface area (Å²) in [6, 6.07) is 19.1. The normalized spacial score (nSPS) is 14.1. The van der Waals surface area contributed by atoms with Crippen LogP contribution in [0.15, 0.2) is 70.7 Å². The lowest BCUT2D eigenvalue weighted by molar-refractivity contribution is 0.104. The molecule has 0 heterocycles. The lowest BCUT2D eigenvalue weighted by Gasteiger charge is -2.15. The topological polar surface area (TPSA) is 35.5 Å². The standard InChI is InChI=1S/C25H20BrClO3/c1-2-29-23-13-17(11-19-14-18-5-3-4-6-21(18)24(19)28)12-22(26)25(23)30-15-16-7-9-20(27)10-8-16/h3-13H,2,14-15H2,1H3/b19-11+. The smallest absolute Gasteiger partial charge is 0.189 e. The quantitative estimate of drug-likeness (QED) is 0.358. The highest BCUT2D eigenvalue weighted by atomic mass is 79.9. The van der Waals surface area contributed by atoms with Gasteiger partial charge in [-0.25, -0.2) is 0 Å². The summed E-state index contributed by atoms with van der Waals surface area (Å²) in [6.07, 6.45) is 2.57. The number of allylic oxidation sites excluding steroid dienone is 1. The summed E-state index contributed by atoms with van der Waals surface area (Å²) in [7, 11) is 0. The maximum Gasteiger partial charge on any atom is 0.189 e. The second-order valence-electron chi connectivity index (χ2n) is 7.01. The summed E-state index contributed by atoms with van der Waals surface area (Å²) < 4.78 is 12.6. The van der Waals surface area contributed by atoms with Crippen molar-refractivity contribution in [2.75, 3.05) is 6.61 Å². The summed E-state index contributed by atoms with van der Waals surface area (Å²) in [5, 5.41) is 0.691. The van der Waals surface area contributed by atoms with Crippen molar-refractivity contribution in [1.82, 2.24) is 0 Å². The predicted octanol–water partition coefficient (Wildman–Crippen LogP) is 6.90. The van der Waals surface area contributed by atoms with Crippen LogP contribution in [0.4, 0.5) is 0 Å². The number of ether oxygens (including phenoxy) is 2. The van der Waals surface area contributed by atoms with Crippen LogP contribution in [0.5, 0.6) is 11.5 Å². The fourth-order valence-corrected chi connectivity index (χ4v) is 4.18. The van der Waals surface area contributed by atoms with Gasteiger partial charge in [-0.05, 0) is 69.9 Å². The van der Waals surface area contributed by atoms with E-state index >= 15 is 0 Å². The Balaban J connectivity index is 1.60. The van der Waals surface area contributed by atoms with Crippen LogP contribution in [0.2, 0.25) is 5.02 Å². The predicted molar refractivity (Wildman–Crippen MR) is 124 cm³/mol. The van der Waals surface area contributed by atoms with Crippen LogP contribution in [0.25, 0.3) is 6.08 Å². The minimum absolute atomic E-state index is 0.0859. The van der Waals surface area contributed by atoms with Crippen molar-refractivity contribution in [2.45, 2.75) is 20.0 Å². The van der Waals surface area contributed by atoms with E-state index in [0.29, 0.717) is 36.2 Å². The van der Waals surface area contributed by atoms with Gasteiger partial charge in [0.2, 0.25) is 0 Å². The van der Waals surface area contributed by atoms with Crippen LogP contribution in [-0.4, -0.2) is 12.4 Å². The molecule has 0 saturated carbocycles. The Hall–Kier alpha value is -2.56. The first-order chi connectivity index (χ1) is 14.5. The third kappa shape index (κ3) is 4.45. The molecule has 1 aliphatic rings. The van der Waals surface area contributed by atoms with Gasteiger partial charge in [-0.15, -0.1) is 0 Å². The number of rotatable bonds is 6. The van der Waals surface area contributed by atoms with Crippen molar-refractivity contribution in [3.63, 3.8) is 0 Å². The minimum Gasteiger partial charge on any atom is -0.490 e. The third-order valence-electron chi connectivity index (χ3n) is 4.90. The first-order valence-electron chi connectivity index (χ1n) is 9.72.